The van der Waals surface area contributed by atoms with Crippen LogP contribution >= 0.6 is 0 Å². The fourth-order valence-electron chi connectivity index (χ4n) is 2.79. The number of hydrogen-bond donors (Lipinski definition) is 2. The molecule has 1 aromatic carbocycles. The molecule has 2 amide bonds. The molecule has 0 aliphatic carbocycles. The lowest BCUT2D eigenvalue weighted by molar-refractivity contribution is 0.262. The first-order chi connectivity index (χ1) is 12.2. The van der Waals surface area contributed by atoms with Crippen molar-refractivity contribution in [3.05, 3.63) is 42.2 Å². The number of aryl methyl sites for hydroxylation is 1. The molecule has 1 fully saturated rings. The predicted octanol–water partition coefficient (Wildman–Crippen LogP) is 2.43. The number of carbonyl (C=O) groups is 1. The summed E-state index contributed by atoms with van der Waals surface area (Å²) >= 11 is 0. The smallest absolute Gasteiger partial charge is 0.323 e. The average molecular weight is 340 g/mol. The molecule has 2 heterocycles. The zero-order valence-electron chi connectivity index (χ0n) is 14.7. The zero-order valence-corrected chi connectivity index (χ0v) is 14.7. The number of para-hydroxylation sites is 1. The fraction of sp³-hybridized carbons (Fsp3) is 0.389. The van der Waals surface area contributed by atoms with Crippen LogP contribution in [-0.2, 0) is 6.42 Å². The van der Waals surface area contributed by atoms with Gasteiger partial charge in [0.1, 0.15) is 0 Å². The van der Waals surface area contributed by atoms with Crippen molar-refractivity contribution in [3.63, 3.8) is 0 Å². The molecule has 0 spiro atoms. The van der Waals surface area contributed by atoms with Crippen LogP contribution in [0.15, 0.2) is 36.7 Å². The Morgan fingerprint density at radius 1 is 1.08 bits per heavy atom. The minimum Gasteiger partial charge on any atom is -0.338 e. The maximum atomic E-state index is 12.2. The van der Waals surface area contributed by atoms with Crippen molar-refractivity contribution >= 4 is 23.4 Å². The first kappa shape index (κ1) is 17.2. The van der Waals surface area contributed by atoms with Crippen LogP contribution in [0.2, 0.25) is 0 Å². The molecule has 0 bridgehead atoms. The van der Waals surface area contributed by atoms with Crippen LogP contribution in [0, 0.1) is 0 Å². The van der Waals surface area contributed by atoms with Gasteiger partial charge in [0.15, 0.2) is 0 Å². The van der Waals surface area contributed by atoms with Gasteiger partial charge in [0.05, 0.1) is 18.1 Å². The lowest BCUT2D eigenvalue weighted by Crippen LogP contribution is -2.45. The first-order valence-electron chi connectivity index (χ1n) is 8.57. The number of aromatic nitrogens is 2. The number of urea groups is 1. The molecular formula is C18H24N6O. The molecule has 1 aliphatic heterocycles. The molecule has 1 aromatic heterocycles. The van der Waals surface area contributed by atoms with E-state index in [1.165, 1.54) is 0 Å². The summed E-state index contributed by atoms with van der Waals surface area (Å²) in [6.45, 7) is 5.89. The van der Waals surface area contributed by atoms with E-state index in [-0.39, 0.29) is 6.03 Å². The van der Waals surface area contributed by atoms with Crippen LogP contribution in [0.4, 0.5) is 22.1 Å². The minimum absolute atomic E-state index is 0.295. The van der Waals surface area contributed by atoms with E-state index >= 15 is 0 Å². The van der Waals surface area contributed by atoms with E-state index in [1.54, 1.807) is 12.4 Å². The molecule has 0 unspecified atom stereocenters. The van der Waals surface area contributed by atoms with Gasteiger partial charge in [-0.25, -0.2) is 14.8 Å². The molecule has 0 radical (unpaired) electrons. The van der Waals surface area contributed by atoms with Crippen molar-refractivity contribution < 1.29 is 4.79 Å². The topological polar surface area (TPSA) is 73.4 Å². The lowest BCUT2D eigenvalue weighted by atomic mass is 10.1. The summed E-state index contributed by atoms with van der Waals surface area (Å²) in [5.41, 5.74) is 2.49. The van der Waals surface area contributed by atoms with Gasteiger partial charge in [-0.2, -0.15) is 0 Å². The molecule has 0 atom stereocenters. The Balaban J connectivity index is 1.58. The van der Waals surface area contributed by atoms with Crippen molar-refractivity contribution in [2.75, 3.05) is 48.8 Å². The Bertz CT molecular complexity index is 710. The van der Waals surface area contributed by atoms with Crippen molar-refractivity contribution in [1.82, 2.24) is 14.9 Å². The van der Waals surface area contributed by atoms with Crippen LogP contribution in [-0.4, -0.2) is 54.1 Å². The Hall–Kier alpha value is -2.67. The predicted molar refractivity (Wildman–Crippen MR) is 100 cm³/mol. The SMILES string of the molecule is CCc1ccccc1NC(=O)Nc1cnc(N2CCN(C)CC2)nc1. The number of hydrogen-bond acceptors (Lipinski definition) is 5. The van der Waals surface area contributed by atoms with Crippen LogP contribution in [0.25, 0.3) is 0 Å². The summed E-state index contributed by atoms with van der Waals surface area (Å²) in [5, 5.41) is 5.65. The average Bonchev–Trinajstić information content (AvgIpc) is 2.63. The van der Waals surface area contributed by atoms with Crippen LogP contribution < -0.4 is 15.5 Å². The third-order valence-corrected chi connectivity index (χ3v) is 4.33. The molecule has 2 aromatic rings. The highest BCUT2D eigenvalue weighted by atomic mass is 16.2. The van der Waals surface area contributed by atoms with Gasteiger partial charge in [-0.3, -0.25) is 0 Å². The zero-order chi connectivity index (χ0) is 17.6. The Morgan fingerprint density at radius 3 is 2.44 bits per heavy atom. The molecule has 7 nitrogen and oxygen atoms in total. The lowest BCUT2D eigenvalue weighted by Gasteiger charge is -2.32. The number of amides is 2. The maximum absolute atomic E-state index is 12.2. The van der Waals surface area contributed by atoms with E-state index in [2.05, 4.69) is 44.4 Å². The number of rotatable bonds is 4. The normalized spacial score (nSPS) is 15.0. The van der Waals surface area contributed by atoms with Crippen LogP contribution in [0.3, 0.4) is 0 Å². The van der Waals surface area contributed by atoms with Gasteiger partial charge in [0.25, 0.3) is 0 Å². The number of nitrogens with zero attached hydrogens (tertiary/aromatic N) is 4. The van der Waals surface area contributed by atoms with Gasteiger partial charge in [-0.1, -0.05) is 25.1 Å². The van der Waals surface area contributed by atoms with E-state index in [4.69, 9.17) is 0 Å². The second-order valence-electron chi connectivity index (χ2n) is 6.15. The van der Waals surface area contributed by atoms with Gasteiger partial charge in [-0.05, 0) is 25.1 Å². The standard InChI is InChI=1S/C18H24N6O/c1-3-14-6-4-5-7-16(14)22-18(25)21-15-12-19-17(20-13-15)24-10-8-23(2)9-11-24/h4-7,12-13H,3,8-11H2,1-2H3,(H2,21,22,25). The summed E-state index contributed by atoms with van der Waals surface area (Å²) in [4.78, 5) is 25.4. The highest BCUT2D eigenvalue weighted by Crippen LogP contribution is 2.16. The van der Waals surface area contributed by atoms with E-state index in [0.29, 0.717) is 11.6 Å². The largest absolute Gasteiger partial charge is 0.338 e. The number of likely N-dealkylation sites (N-methyl/N-ethyl adjacent to an activating group) is 1. The Labute approximate surface area is 148 Å². The third-order valence-electron chi connectivity index (χ3n) is 4.33. The van der Waals surface area contributed by atoms with Crippen molar-refractivity contribution in [2.24, 2.45) is 0 Å². The molecule has 1 saturated heterocycles. The summed E-state index contributed by atoms with van der Waals surface area (Å²) in [6, 6.07) is 7.47. The molecule has 2 N–H and O–H groups in total. The van der Waals surface area contributed by atoms with Crippen molar-refractivity contribution in [1.29, 1.82) is 0 Å². The van der Waals surface area contributed by atoms with Crippen LogP contribution in [0.1, 0.15) is 12.5 Å². The van der Waals surface area contributed by atoms with Crippen molar-refractivity contribution in [3.8, 4) is 0 Å². The molecule has 3 rings (SSSR count). The highest BCUT2D eigenvalue weighted by molar-refractivity contribution is 6.00. The second-order valence-corrected chi connectivity index (χ2v) is 6.15. The third kappa shape index (κ3) is 4.45. The summed E-state index contributed by atoms with van der Waals surface area (Å²) in [5.74, 6) is 0.704. The molecule has 1 aliphatic rings. The van der Waals surface area contributed by atoms with Gasteiger partial charge in [0, 0.05) is 31.9 Å². The number of piperazine rings is 1. The summed E-state index contributed by atoms with van der Waals surface area (Å²) in [7, 11) is 2.11. The highest BCUT2D eigenvalue weighted by Gasteiger charge is 2.16. The summed E-state index contributed by atoms with van der Waals surface area (Å²) < 4.78 is 0. The van der Waals surface area contributed by atoms with E-state index in [1.807, 2.05) is 24.3 Å². The van der Waals surface area contributed by atoms with Gasteiger partial charge in [-0.15, -0.1) is 0 Å². The fourth-order valence-corrected chi connectivity index (χ4v) is 2.79. The van der Waals surface area contributed by atoms with E-state index in [9.17, 15) is 4.79 Å². The Morgan fingerprint density at radius 2 is 1.76 bits per heavy atom. The maximum Gasteiger partial charge on any atom is 0.323 e. The monoisotopic (exact) mass is 340 g/mol. The van der Waals surface area contributed by atoms with Gasteiger partial charge >= 0.3 is 6.03 Å². The number of anilines is 3. The quantitative estimate of drug-likeness (QED) is 0.894. The number of benzene rings is 1. The first-order valence-corrected chi connectivity index (χ1v) is 8.57. The second kappa shape index (κ2) is 7.94. The van der Waals surface area contributed by atoms with E-state index in [0.717, 1.165) is 43.9 Å². The van der Waals surface area contributed by atoms with Gasteiger partial charge in [0.2, 0.25) is 5.95 Å². The number of carbonyl (C=O) groups excluding carboxylic acids is 1. The van der Waals surface area contributed by atoms with E-state index < -0.39 is 0 Å². The molecule has 7 heteroatoms. The molecular weight excluding hydrogens is 316 g/mol. The number of nitrogens with one attached hydrogen (secondary N) is 2. The summed E-state index contributed by atoms with van der Waals surface area (Å²) in [6.07, 6.45) is 4.15. The van der Waals surface area contributed by atoms with Gasteiger partial charge < -0.3 is 20.4 Å². The van der Waals surface area contributed by atoms with Crippen molar-refractivity contribution in [2.45, 2.75) is 13.3 Å². The molecule has 0 saturated carbocycles. The minimum atomic E-state index is -0.295. The Kier molecular flexibility index (Phi) is 5.45. The molecule has 25 heavy (non-hydrogen) atoms. The van der Waals surface area contributed by atoms with Crippen LogP contribution in [0.5, 0.6) is 0 Å². The molecule has 132 valence electrons.